The number of anilines is 2. The van der Waals surface area contributed by atoms with Crippen LogP contribution in [0.25, 0.3) is 11.1 Å². The maximum atomic E-state index is 13.3. The lowest BCUT2D eigenvalue weighted by atomic mass is 9.99. The van der Waals surface area contributed by atoms with Crippen molar-refractivity contribution in [3.05, 3.63) is 83.2 Å². The summed E-state index contributed by atoms with van der Waals surface area (Å²) in [6.45, 7) is 0.851. The van der Waals surface area contributed by atoms with Crippen LogP contribution in [-0.4, -0.2) is 23.2 Å². The molecule has 0 radical (unpaired) electrons. The van der Waals surface area contributed by atoms with Gasteiger partial charge in [0.25, 0.3) is 5.91 Å². The van der Waals surface area contributed by atoms with Gasteiger partial charge in [-0.3, -0.25) is 4.79 Å². The Balaban J connectivity index is 1.76. The van der Waals surface area contributed by atoms with Crippen LogP contribution in [0, 0.1) is 28.5 Å². The molecule has 0 fully saturated rings. The molecular formula is C25H18F4N4O2. The van der Waals surface area contributed by atoms with Crippen molar-refractivity contribution in [2.75, 3.05) is 17.2 Å². The van der Waals surface area contributed by atoms with E-state index in [1.165, 1.54) is 43.3 Å². The Morgan fingerprint density at radius 3 is 2.14 bits per heavy atom. The summed E-state index contributed by atoms with van der Waals surface area (Å²) < 4.78 is 52.7. The zero-order valence-corrected chi connectivity index (χ0v) is 18.2. The summed E-state index contributed by atoms with van der Waals surface area (Å²) in [5.41, 5.74) is -2.24. The monoisotopic (exact) mass is 482 g/mol. The summed E-state index contributed by atoms with van der Waals surface area (Å²) in [6.07, 6.45) is -4.80. The van der Waals surface area contributed by atoms with E-state index in [0.29, 0.717) is 28.4 Å². The Hall–Kier alpha value is -4.41. The molecule has 0 unspecified atom stereocenters. The Bertz CT molecular complexity index is 1340. The largest absolute Gasteiger partial charge is 0.417 e. The van der Waals surface area contributed by atoms with Crippen LogP contribution in [0.1, 0.15) is 23.6 Å². The molecule has 10 heteroatoms. The highest BCUT2D eigenvalue weighted by Crippen LogP contribution is 2.34. The van der Waals surface area contributed by atoms with Crippen molar-refractivity contribution in [1.29, 1.82) is 10.5 Å². The molecule has 6 nitrogen and oxygen atoms in total. The number of nitrogens with zero attached hydrogens (tertiary/aromatic N) is 2. The fourth-order valence-electron chi connectivity index (χ4n) is 3.19. The average Bonchev–Trinajstić information content (AvgIpc) is 2.82. The number of nitrogens with one attached hydrogen (secondary N) is 2. The van der Waals surface area contributed by atoms with Crippen molar-refractivity contribution in [2.24, 2.45) is 0 Å². The Morgan fingerprint density at radius 2 is 1.54 bits per heavy atom. The van der Waals surface area contributed by atoms with Gasteiger partial charge < -0.3 is 15.7 Å². The molecule has 0 saturated carbocycles. The van der Waals surface area contributed by atoms with Gasteiger partial charge in [0, 0.05) is 16.9 Å². The van der Waals surface area contributed by atoms with Gasteiger partial charge in [-0.05, 0) is 61.0 Å². The normalized spacial score (nSPS) is 12.7. The molecule has 0 saturated heterocycles. The molecule has 0 heterocycles. The summed E-state index contributed by atoms with van der Waals surface area (Å²) >= 11 is 0. The number of rotatable bonds is 6. The molecule has 0 bridgehead atoms. The fraction of sp³-hybridized carbons (Fsp3) is 0.160. The van der Waals surface area contributed by atoms with E-state index >= 15 is 0 Å². The third kappa shape index (κ3) is 5.94. The second kappa shape index (κ2) is 9.84. The van der Waals surface area contributed by atoms with Crippen LogP contribution in [0.4, 0.5) is 28.9 Å². The number of aliphatic hydroxyl groups is 1. The minimum absolute atomic E-state index is 0.237. The molecule has 1 amide bonds. The minimum atomic E-state index is -4.80. The second-order valence-corrected chi connectivity index (χ2v) is 7.83. The highest BCUT2D eigenvalue weighted by molar-refractivity contribution is 5.97. The highest BCUT2D eigenvalue weighted by Gasteiger charge is 2.35. The van der Waals surface area contributed by atoms with E-state index in [-0.39, 0.29) is 12.2 Å². The predicted octanol–water partition coefficient (Wildman–Crippen LogP) is 5.06. The highest BCUT2D eigenvalue weighted by atomic mass is 19.4. The van der Waals surface area contributed by atoms with Crippen molar-refractivity contribution in [3.63, 3.8) is 0 Å². The lowest BCUT2D eigenvalue weighted by molar-refractivity contribution is -0.137. The van der Waals surface area contributed by atoms with Gasteiger partial charge in [-0.2, -0.15) is 23.7 Å². The van der Waals surface area contributed by atoms with Crippen molar-refractivity contribution in [3.8, 4) is 23.3 Å². The molecule has 1 atom stereocenters. The number of alkyl halides is 3. The molecule has 0 aromatic heterocycles. The first-order chi connectivity index (χ1) is 16.4. The number of hydrogen-bond acceptors (Lipinski definition) is 5. The summed E-state index contributed by atoms with van der Waals surface area (Å²) in [5.74, 6) is -1.41. The second-order valence-electron chi connectivity index (χ2n) is 7.83. The van der Waals surface area contributed by atoms with E-state index < -0.39 is 34.6 Å². The molecule has 3 N–H and O–H groups in total. The molecular weight excluding hydrogens is 464 g/mol. The Labute approximate surface area is 198 Å². The third-order valence-electron chi connectivity index (χ3n) is 5.12. The number of carbonyl (C=O) groups is 1. The van der Waals surface area contributed by atoms with E-state index in [2.05, 4.69) is 10.6 Å². The summed E-state index contributed by atoms with van der Waals surface area (Å²) in [7, 11) is 0. The standard InChI is InChI=1S/C25H18F4N4O2/c1-24(35,23(34)33-20-9-5-17(13-31)22(11-20)25(27,28)29)14-32-19-8-4-16(12-30)21(10-19)15-2-6-18(26)7-3-15/h2-11,32,35H,14H2,1H3,(H,33,34)/t24-/m0/s1. The third-order valence-corrected chi connectivity index (χ3v) is 5.12. The molecule has 178 valence electrons. The van der Waals surface area contributed by atoms with Crippen LogP contribution in [0.15, 0.2) is 60.7 Å². The summed E-state index contributed by atoms with van der Waals surface area (Å²) in [6, 6.07) is 16.3. The minimum Gasteiger partial charge on any atom is -0.382 e. The first-order valence-electron chi connectivity index (χ1n) is 10.1. The Morgan fingerprint density at radius 1 is 0.943 bits per heavy atom. The molecule has 3 rings (SSSR count). The number of carbonyl (C=O) groups excluding carboxylic acids is 1. The molecule has 0 spiro atoms. The lowest BCUT2D eigenvalue weighted by Gasteiger charge is -2.24. The van der Waals surface area contributed by atoms with Crippen LogP contribution in [-0.2, 0) is 11.0 Å². The first kappa shape index (κ1) is 25.2. The number of hydrogen-bond donors (Lipinski definition) is 3. The zero-order chi connectivity index (χ0) is 25.8. The van der Waals surface area contributed by atoms with E-state index in [4.69, 9.17) is 5.26 Å². The van der Waals surface area contributed by atoms with Gasteiger partial charge in [0.2, 0.25) is 0 Å². The van der Waals surface area contributed by atoms with Gasteiger partial charge in [-0.1, -0.05) is 12.1 Å². The van der Waals surface area contributed by atoms with E-state index in [1.807, 2.05) is 6.07 Å². The van der Waals surface area contributed by atoms with E-state index in [0.717, 1.165) is 12.1 Å². The molecule has 0 aliphatic carbocycles. The maximum absolute atomic E-state index is 13.3. The van der Waals surface area contributed by atoms with Crippen LogP contribution >= 0.6 is 0 Å². The topological polar surface area (TPSA) is 109 Å². The molecule has 3 aromatic rings. The van der Waals surface area contributed by atoms with Crippen molar-refractivity contribution >= 4 is 17.3 Å². The fourth-order valence-corrected chi connectivity index (χ4v) is 3.19. The number of nitriles is 2. The predicted molar refractivity (Wildman–Crippen MR) is 120 cm³/mol. The summed E-state index contributed by atoms with van der Waals surface area (Å²) in [4.78, 5) is 12.6. The van der Waals surface area contributed by atoms with Gasteiger partial charge in [0.15, 0.2) is 5.60 Å². The van der Waals surface area contributed by atoms with Crippen LogP contribution in [0.2, 0.25) is 0 Å². The zero-order valence-electron chi connectivity index (χ0n) is 18.2. The molecule has 0 aliphatic rings. The average molecular weight is 482 g/mol. The van der Waals surface area contributed by atoms with Gasteiger partial charge in [-0.25, -0.2) is 4.39 Å². The molecule has 3 aromatic carbocycles. The van der Waals surface area contributed by atoms with Gasteiger partial charge >= 0.3 is 6.18 Å². The van der Waals surface area contributed by atoms with E-state index in [9.17, 15) is 32.7 Å². The number of amides is 1. The van der Waals surface area contributed by atoms with Gasteiger partial charge in [-0.15, -0.1) is 0 Å². The van der Waals surface area contributed by atoms with Crippen LogP contribution in [0.5, 0.6) is 0 Å². The number of benzene rings is 3. The summed E-state index contributed by atoms with van der Waals surface area (Å²) in [5, 5.41) is 34.0. The van der Waals surface area contributed by atoms with Crippen molar-refractivity contribution < 1.29 is 27.5 Å². The molecule has 0 aliphatic heterocycles. The SMILES string of the molecule is C[C@](O)(CNc1ccc(C#N)c(-c2ccc(F)cc2)c1)C(=O)Nc1ccc(C#N)c(C(F)(F)F)c1. The Kier molecular flexibility index (Phi) is 7.09. The quantitative estimate of drug-likeness (QED) is 0.426. The van der Waals surface area contributed by atoms with Gasteiger partial charge in [0.1, 0.15) is 5.82 Å². The number of halogens is 4. The van der Waals surface area contributed by atoms with Crippen LogP contribution < -0.4 is 10.6 Å². The molecule has 35 heavy (non-hydrogen) atoms. The van der Waals surface area contributed by atoms with Crippen molar-refractivity contribution in [2.45, 2.75) is 18.7 Å². The maximum Gasteiger partial charge on any atom is 0.417 e. The van der Waals surface area contributed by atoms with Crippen molar-refractivity contribution in [1.82, 2.24) is 0 Å². The van der Waals surface area contributed by atoms with E-state index in [1.54, 1.807) is 12.1 Å². The first-order valence-corrected chi connectivity index (χ1v) is 10.1. The lowest BCUT2D eigenvalue weighted by Crippen LogP contribution is -2.45. The van der Waals surface area contributed by atoms with Gasteiger partial charge in [0.05, 0.1) is 35.4 Å². The van der Waals surface area contributed by atoms with Crippen LogP contribution in [0.3, 0.4) is 0 Å². The smallest absolute Gasteiger partial charge is 0.382 e.